The van der Waals surface area contributed by atoms with E-state index in [1.165, 1.54) is 5.70 Å². The minimum atomic E-state index is 0.159. The summed E-state index contributed by atoms with van der Waals surface area (Å²) < 4.78 is 4.70. The van der Waals surface area contributed by atoms with Gasteiger partial charge in [0.1, 0.15) is 0 Å². The Labute approximate surface area is 113 Å². The second kappa shape index (κ2) is 6.92. The van der Waals surface area contributed by atoms with Gasteiger partial charge in [-0.05, 0) is 27.1 Å². The first kappa shape index (κ1) is 12.8. The Morgan fingerprint density at radius 2 is 2.12 bits per heavy atom. The van der Waals surface area contributed by atoms with Gasteiger partial charge in [-0.25, -0.2) is 0 Å². The molecule has 2 aliphatic heterocycles. The predicted octanol–water partition coefficient (Wildman–Crippen LogP) is 2.09. The first-order valence-corrected chi connectivity index (χ1v) is 8.55. The van der Waals surface area contributed by atoms with E-state index in [9.17, 15) is 0 Å². The van der Waals surface area contributed by atoms with E-state index in [4.69, 9.17) is 5.26 Å². The quantitative estimate of drug-likeness (QED) is 0.579. The summed E-state index contributed by atoms with van der Waals surface area (Å²) in [6, 6.07) is 2.21. The molecule has 0 aromatic carbocycles. The topological polar surface area (TPSA) is 30.3 Å². The van der Waals surface area contributed by atoms with Gasteiger partial charge in [-0.2, -0.15) is 5.26 Å². The molecule has 0 spiro atoms. The molecular formula is C13H18IN3. The molecule has 3 nitrogen and oxygen atoms in total. The van der Waals surface area contributed by atoms with Gasteiger partial charge in [0.25, 0.3) is 0 Å². The monoisotopic (exact) mass is 343 g/mol. The van der Waals surface area contributed by atoms with Crippen LogP contribution in [0.4, 0.5) is 0 Å². The minimum absolute atomic E-state index is 0.159. The van der Waals surface area contributed by atoms with Gasteiger partial charge in [0.15, 0.2) is 0 Å². The highest BCUT2D eigenvalue weighted by Crippen LogP contribution is 2.17. The highest BCUT2D eigenvalue weighted by Gasteiger charge is 2.17. The highest BCUT2D eigenvalue weighted by atomic mass is 127. The summed E-state index contributed by atoms with van der Waals surface area (Å²) in [5.41, 5.74) is 1.43. The van der Waals surface area contributed by atoms with E-state index in [2.05, 4.69) is 36.1 Å². The fourth-order valence-electron chi connectivity index (χ4n) is 2.10. The second-order valence-corrected chi connectivity index (χ2v) is 6.30. The second-order valence-electron chi connectivity index (χ2n) is 4.24. The lowest BCUT2D eigenvalue weighted by atomic mass is 10.2. The van der Waals surface area contributed by atoms with Crippen LogP contribution in [0.25, 0.3) is 0 Å². The average Bonchev–Trinajstić information content (AvgIpc) is 2.41. The predicted molar refractivity (Wildman–Crippen MR) is 80.2 cm³/mol. The highest BCUT2D eigenvalue weighted by molar-refractivity contribution is 14.2. The van der Waals surface area contributed by atoms with E-state index in [0.29, 0.717) is 6.42 Å². The van der Waals surface area contributed by atoms with Crippen LogP contribution in [-0.4, -0.2) is 46.5 Å². The van der Waals surface area contributed by atoms with Crippen molar-refractivity contribution in [1.29, 1.82) is 5.26 Å². The van der Waals surface area contributed by atoms with Gasteiger partial charge in [-0.3, -0.25) is 4.90 Å². The fraction of sp³-hybridized carbons (Fsp3) is 0.538. The lowest BCUT2D eigenvalue weighted by Gasteiger charge is -2.36. The van der Waals surface area contributed by atoms with E-state index >= 15 is 0 Å². The molecule has 1 saturated heterocycles. The van der Waals surface area contributed by atoms with Crippen LogP contribution in [0, 0.1) is 11.3 Å². The van der Waals surface area contributed by atoms with E-state index in [1.54, 1.807) is 0 Å². The Morgan fingerprint density at radius 3 is 2.76 bits per heavy atom. The smallest absolute Gasteiger partial charge is 0.0622 e. The van der Waals surface area contributed by atoms with E-state index in [-0.39, 0.29) is 20.7 Å². The van der Waals surface area contributed by atoms with Gasteiger partial charge >= 0.3 is 0 Å². The molecule has 0 aromatic rings. The molecule has 0 aliphatic carbocycles. The fourth-order valence-corrected chi connectivity index (χ4v) is 3.72. The van der Waals surface area contributed by atoms with Crippen molar-refractivity contribution in [2.24, 2.45) is 0 Å². The maximum absolute atomic E-state index is 8.52. The van der Waals surface area contributed by atoms with Crippen molar-refractivity contribution >= 4 is 24.7 Å². The first-order chi connectivity index (χ1) is 8.40. The van der Waals surface area contributed by atoms with Crippen LogP contribution in [0.5, 0.6) is 0 Å². The molecule has 0 bridgehead atoms. The third-order valence-electron chi connectivity index (χ3n) is 3.09. The van der Waals surface area contributed by atoms with Crippen molar-refractivity contribution in [2.75, 3.05) is 32.7 Å². The summed E-state index contributed by atoms with van der Waals surface area (Å²) >= 11 is 0.159. The molecule has 0 N–H and O–H groups in total. The standard InChI is InChI=1S/C13H18IN3/c15-6-1-2-7-16-8-10-17(11-9-16)13-4-3-5-14-12-13/h3-5,12H,1-2,7-11H2. The number of nitrogens with zero attached hydrogens (tertiary/aromatic N) is 3. The van der Waals surface area contributed by atoms with E-state index < -0.39 is 0 Å². The van der Waals surface area contributed by atoms with Gasteiger partial charge in [0.05, 0.1) is 6.07 Å². The van der Waals surface area contributed by atoms with Gasteiger partial charge in [0.2, 0.25) is 0 Å². The van der Waals surface area contributed by atoms with Crippen LogP contribution in [0.1, 0.15) is 12.8 Å². The molecule has 17 heavy (non-hydrogen) atoms. The molecule has 4 heteroatoms. The lowest BCUT2D eigenvalue weighted by molar-refractivity contribution is 0.161. The number of nitriles is 1. The van der Waals surface area contributed by atoms with Crippen LogP contribution in [0.2, 0.25) is 0 Å². The largest absolute Gasteiger partial charge is 0.369 e. The Kier molecular flexibility index (Phi) is 5.20. The molecule has 0 radical (unpaired) electrons. The first-order valence-electron chi connectivity index (χ1n) is 6.06. The Morgan fingerprint density at radius 1 is 1.29 bits per heavy atom. The van der Waals surface area contributed by atoms with Crippen LogP contribution in [0.15, 0.2) is 21.9 Å². The number of piperazine rings is 1. The van der Waals surface area contributed by atoms with Crippen LogP contribution in [-0.2, 0) is 0 Å². The molecule has 2 heterocycles. The molecule has 2 aliphatic rings. The molecule has 1 fully saturated rings. The van der Waals surface area contributed by atoms with Crippen LogP contribution in [0.3, 0.4) is 0 Å². The minimum Gasteiger partial charge on any atom is -0.369 e. The van der Waals surface area contributed by atoms with Crippen molar-refractivity contribution < 1.29 is 0 Å². The van der Waals surface area contributed by atoms with Crippen LogP contribution < -0.4 is 0 Å². The maximum atomic E-state index is 8.52. The van der Waals surface area contributed by atoms with Gasteiger partial charge in [0, 0.05) is 38.3 Å². The summed E-state index contributed by atoms with van der Waals surface area (Å²) in [7, 11) is 0. The van der Waals surface area contributed by atoms with Crippen molar-refractivity contribution in [3.05, 3.63) is 21.9 Å². The van der Waals surface area contributed by atoms with Crippen molar-refractivity contribution in [1.82, 2.24) is 9.80 Å². The van der Waals surface area contributed by atoms with Crippen molar-refractivity contribution in [2.45, 2.75) is 12.8 Å². The SMILES string of the molecule is N#CCCCN1CCN(C2=CI=CC=C2)CC1. The number of rotatable bonds is 4. The zero-order valence-electron chi connectivity index (χ0n) is 9.98. The van der Waals surface area contributed by atoms with Crippen molar-refractivity contribution in [3.63, 3.8) is 0 Å². The number of allylic oxidation sites excluding steroid dienone is 2. The van der Waals surface area contributed by atoms with Gasteiger partial charge in [-0.1, -0.05) is 26.8 Å². The number of hydrogen-bond donors (Lipinski definition) is 0. The number of unbranched alkanes of at least 4 members (excludes halogenated alkanes) is 1. The van der Waals surface area contributed by atoms with E-state index in [1.807, 2.05) is 0 Å². The lowest BCUT2D eigenvalue weighted by Crippen LogP contribution is -2.45. The summed E-state index contributed by atoms with van der Waals surface area (Å²) in [5, 5.41) is 8.52. The molecule has 0 saturated carbocycles. The van der Waals surface area contributed by atoms with Gasteiger partial charge < -0.3 is 4.90 Å². The molecular weight excluding hydrogens is 325 g/mol. The van der Waals surface area contributed by atoms with E-state index in [0.717, 1.165) is 39.1 Å². The summed E-state index contributed by atoms with van der Waals surface area (Å²) in [6.07, 6.45) is 6.13. The molecule has 0 amide bonds. The third-order valence-corrected chi connectivity index (χ3v) is 4.92. The molecule has 0 unspecified atom stereocenters. The van der Waals surface area contributed by atoms with Gasteiger partial charge in [-0.15, -0.1) is 0 Å². The molecule has 2 rings (SSSR count). The number of hydrogen-bond acceptors (Lipinski definition) is 3. The average molecular weight is 343 g/mol. The normalized spacial score (nSPS) is 20.6. The summed E-state index contributed by atoms with van der Waals surface area (Å²) in [6.45, 7) is 5.62. The summed E-state index contributed by atoms with van der Waals surface area (Å²) in [5.74, 6) is 0. The third kappa shape index (κ3) is 3.93. The molecule has 0 aromatic heterocycles. The Bertz CT molecular complexity index is 371. The van der Waals surface area contributed by atoms with Crippen molar-refractivity contribution in [3.8, 4) is 6.07 Å². The zero-order valence-corrected chi connectivity index (χ0v) is 12.1. The van der Waals surface area contributed by atoms with Crippen LogP contribution >= 0.6 is 20.7 Å². The maximum Gasteiger partial charge on any atom is 0.0622 e. The molecule has 92 valence electrons. The zero-order chi connectivity index (χ0) is 11.9. The molecule has 0 atom stereocenters. The number of halogens is 1. The summed E-state index contributed by atoms with van der Waals surface area (Å²) in [4.78, 5) is 4.96. The Hall–Kier alpha value is -0.670. The Balaban J connectivity index is 1.75.